The van der Waals surface area contributed by atoms with E-state index in [1.807, 2.05) is 43.7 Å². The quantitative estimate of drug-likeness (QED) is 0.775. The van der Waals surface area contributed by atoms with Crippen molar-refractivity contribution in [3.8, 4) is 11.3 Å². The normalized spacial score (nSPS) is 10.9. The topological polar surface area (TPSA) is 46.6 Å². The molecule has 0 atom stereocenters. The Balaban J connectivity index is 2.14. The lowest BCUT2D eigenvalue weighted by molar-refractivity contribution is 1.13. The number of nitrogens with two attached hydrogens (primary N) is 1. The van der Waals surface area contributed by atoms with Gasteiger partial charge in [-0.25, -0.2) is 4.98 Å². The van der Waals surface area contributed by atoms with E-state index >= 15 is 0 Å². The van der Waals surface area contributed by atoms with Crippen molar-refractivity contribution in [2.24, 2.45) is 0 Å². The van der Waals surface area contributed by atoms with Gasteiger partial charge < -0.3 is 10.6 Å². The zero-order chi connectivity index (χ0) is 14.3. The van der Waals surface area contributed by atoms with Crippen LogP contribution in [0.4, 0.5) is 11.5 Å². The minimum Gasteiger partial charge on any atom is -0.383 e. The van der Waals surface area contributed by atoms with Gasteiger partial charge in [-0.2, -0.15) is 0 Å². The van der Waals surface area contributed by atoms with Crippen LogP contribution in [0.25, 0.3) is 16.9 Å². The van der Waals surface area contributed by atoms with E-state index in [0.717, 1.165) is 28.2 Å². The largest absolute Gasteiger partial charge is 0.383 e. The summed E-state index contributed by atoms with van der Waals surface area (Å²) >= 11 is 0. The monoisotopic (exact) mass is 266 g/mol. The summed E-state index contributed by atoms with van der Waals surface area (Å²) in [7, 11) is 4.05. The van der Waals surface area contributed by atoms with E-state index < -0.39 is 0 Å². The Kier molecular flexibility index (Phi) is 2.86. The maximum atomic E-state index is 6.23. The summed E-state index contributed by atoms with van der Waals surface area (Å²) < 4.78 is 1.94. The number of imidazole rings is 1. The van der Waals surface area contributed by atoms with Crippen LogP contribution in [0, 0.1) is 6.92 Å². The fourth-order valence-electron chi connectivity index (χ4n) is 2.35. The highest BCUT2D eigenvalue weighted by Gasteiger charge is 2.12. The van der Waals surface area contributed by atoms with Crippen molar-refractivity contribution in [1.29, 1.82) is 0 Å². The van der Waals surface area contributed by atoms with Gasteiger partial charge in [-0.3, -0.25) is 4.40 Å². The van der Waals surface area contributed by atoms with Crippen molar-refractivity contribution < 1.29 is 0 Å². The van der Waals surface area contributed by atoms with Gasteiger partial charge in [0.05, 0.1) is 0 Å². The summed E-state index contributed by atoms with van der Waals surface area (Å²) in [5, 5.41) is 0. The first kappa shape index (κ1) is 12.5. The SMILES string of the molecule is Cc1cccn2c(N)c(-c3ccc(N(C)C)cc3)nc12. The lowest BCUT2D eigenvalue weighted by Crippen LogP contribution is -2.07. The molecule has 0 unspecified atom stereocenters. The van der Waals surface area contributed by atoms with Crippen molar-refractivity contribution in [3.63, 3.8) is 0 Å². The third-order valence-corrected chi connectivity index (χ3v) is 3.54. The lowest BCUT2D eigenvalue weighted by atomic mass is 10.1. The highest BCUT2D eigenvalue weighted by molar-refractivity contribution is 5.76. The van der Waals surface area contributed by atoms with Gasteiger partial charge in [-0.15, -0.1) is 0 Å². The zero-order valence-corrected chi connectivity index (χ0v) is 12.0. The minimum absolute atomic E-state index is 0.682. The molecule has 20 heavy (non-hydrogen) atoms. The standard InChI is InChI=1S/C16H18N4/c1-11-5-4-10-20-15(17)14(18-16(11)20)12-6-8-13(9-7-12)19(2)3/h4-10H,17H2,1-3H3. The molecule has 2 N–H and O–H groups in total. The second-order valence-corrected chi connectivity index (χ2v) is 5.17. The summed E-state index contributed by atoms with van der Waals surface area (Å²) in [4.78, 5) is 6.75. The number of nitrogen functional groups attached to an aromatic ring is 1. The number of benzene rings is 1. The molecule has 0 aliphatic rings. The predicted molar refractivity (Wildman–Crippen MR) is 84.1 cm³/mol. The molecule has 0 aliphatic carbocycles. The Labute approximate surface area is 118 Å². The summed E-state index contributed by atoms with van der Waals surface area (Å²) in [6, 6.07) is 12.3. The molecule has 0 saturated carbocycles. The van der Waals surface area contributed by atoms with Crippen LogP contribution in [0.15, 0.2) is 42.6 Å². The number of hydrogen-bond donors (Lipinski definition) is 1. The molecule has 0 fully saturated rings. The smallest absolute Gasteiger partial charge is 0.142 e. The first-order valence-electron chi connectivity index (χ1n) is 6.59. The van der Waals surface area contributed by atoms with Crippen LogP contribution in [0.1, 0.15) is 5.56 Å². The van der Waals surface area contributed by atoms with Crippen LogP contribution in [-0.2, 0) is 0 Å². The number of pyridine rings is 1. The van der Waals surface area contributed by atoms with E-state index in [4.69, 9.17) is 5.73 Å². The molecular formula is C16H18N4. The molecule has 3 aromatic rings. The molecular weight excluding hydrogens is 248 g/mol. The third-order valence-electron chi connectivity index (χ3n) is 3.54. The average Bonchev–Trinajstić information content (AvgIpc) is 2.78. The van der Waals surface area contributed by atoms with Crippen molar-refractivity contribution in [2.45, 2.75) is 6.92 Å². The Hall–Kier alpha value is -2.49. The molecule has 102 valence electrons. The summed E-state index contributed by atoms with van der Waals surface area (Å²) in [6.07, 6.45) is 1.95. The van der Waals surface area contributed by atoms with Gasteiger partial charge in [0.25, 0.3) is 0 Å². The minimum atomic E-state index is 0.682. The molecule has 3 rings (SSSR count). The second-order valence-electron chi connectivity index (χ2n) is 5.17. The molecule has 2 heterocycles. The van der Waals surface area contributed by atoms with Gasteiger partial charge in [-0.05, 0) is 30.7 Å². The van der Waals surface area contributed by atoms with Crippen LogP contribution in [0.2, 0.25) is 0 Å². The Morgan fingerprint density at radius 3 is 2.40 bits per heavy atom. The highest BCUT2D eigenvalue weighted by Crippen LogP contribution is 2.28. The number of hydrogen-bond acceptors (Lipinski definition) is 3. The molecule has 0 amide bonds. The first-order valence-corrected chi connectivity index (χ1v) is 6.59. The van der Waals surface area contributed by atoms with Gasteiger partial charge in [0.2, 0.25) is 0 Å². The molecule has 2 aromatic heterocycles. The number of nitrogens with zero attached hydrogens (tertiary/aromatic N) is 3. The molecule has 0 bridgehead atoms. The molecule has 0 spiro atoms. The van der Waals surface area contributed by atoms with Gasteiger partial charge in [-0.1, -0.05) is 18.2 Å². The van der Waals surface area contributed by atoms with Gasteiger partial charge in [0.1, 0.15) is 17.2 Å². The van der Waals surface area contributed by atoms with Crippen molar-refractivity contribution in [3.05, 3.63) is 48.2 Å². The predicted octanol–water partition coefficient (Wildman–Crippen LogP) is 2.96. The fraction of sp³-hybridized carbons (Fsp3) is 0.188. The van der Waals surface area contributed by atoms with Crippen molar-refractivity contribution >= 4 is 17.2 Å². The van der Waals surface area contributed by atoms with Gasteiger partial charge >= 0.3 is 0 Å². The second kappa shape index (κ2) is 4.56. The zero-order valence-electron chi connectivity index (χ0n) is 12.0. The van der Waals surface area contributed by atoms with E-state index in [0.29, 0.717) is 5.82 Å². The molecule has 4 heteroatoms. The van der Waals surface area contributed by atoms with Crippen LogP contribution in [0.3, 0.4) is 0 Å². The van der Waals surface area contributed by atoms with E-state index in [9.17, 15) is 0 Å². The van der Waals surface area contributed by atoms with E-state index in [1.165, 1.54) is 0 Å². The molecule has 4 nitrogen and oxygen atoms in total. The number of rotatable bonds is 2. The van der Waals surface area contributed by atoms with E-state index in [-0.39, 0.29) is 0 Å². The summed E-state index contributed by atoms with van der Waals surface area (Å²) in [5.74, 6) is 0.682. The van der Waals surface area contributed by atoms with Gasteiger partial charge in [0.15, 0.2) is 0 Å². The van der Waals surface area contributed by atoms with Crippen molar-refractivity contribution in [1.82, 2.24) is 9.38 Å². The first-order chi connectivity index (χ1) is 9.58. The molecule has 1 aromatic carbocycles. The Morgan fingerprint density at radius 2 is 1.80 bits per heavy atom. The average molecular weight is 266 g/mol. The number of anilines is 2. The highest BCUT2D eigenvalue weighted by atomic mass is 15.1. The molecule has 0 aliphatic heterocycles. The van der Waals surface area contributed by atoms with Gasteiger partial charge in [0, 0.05) is 31.5 Å². The Morgan fingerprint density at radius 1 is 1.10 bits per heavy atom. The fourth-order valence-corrected chi connectivity index (χ4v) is 2.35. The van der Waals surface area contributed by atoms with Crippen LogP contribution in [0.5, 0.6) is 0 Å². The van der Waals surface area contributed by atoms with Crippen molar-refractivity contribution in [2.75, 3.05) is 24.7 Å². The maximum absolute atomic E-state index is 6.23. The van der Waals surface area contributed by atoms with Crippen LogP contribution >= 0.6 is 0 Å². The van der Waals surface area contributed by atoms with E-state index in [1.54, 1.807) is 0 Å². The third kappa shape index (κ3) is 1.90. The van der Waals surface area contributed by atoms with E-state index in [2.05, 4.69) is 34.1 Å². The molecule has 0 radical (unpaired) electrons. The lowest BCUT2D eigenvalue weighted by Gasteiger charge is -2.12. The van der Waals surface area contributed by atoms with Crippen LogP contribution < -0.4 is 10.6 Å². The Bertz CT molecular complexity index is 754. The maximum Gasteiger partial charge on any atom is 0.142 e. The number of aromatic nitrogens is 2. The van der Waals surface area contributed by atoms with Crippen LogP contribution in [-0.4, -0.2) is 23.5 Å². The summed E-state index contributed by atoms with van der Waals surface area (Å²) in [6.45, 7) is 2.04. The molecule has 0 saturated heterocycles. The number of aryl methyl sites for hydroxylation is 1. The number of fused-ring (bicyclic) bond motifs is 1. The summed E-state index contributed by atoms with van der Waals surface area (Å²) in [5.41, 5.74) is 11.3.